The van der Waals surface area contributed by atoms with Crippen LogP contribution in [0, 0.1) is 0 Å². The van der Waals surface area contributed by atoms with Crippen LogP contribution in [0.15, 0.2) is 24.3 Å². The molecule has 1 atom stereocenters. The number of hydrogen-bond acceptors (Lipinski definition) is 5. The van der Waals surface area contributed by atoms with E-state index in [0.29, 0.717) is 39.4 Å². The Morgan fingerprint density at radius 3 is 2.66 bits per heavy atom. The Kier molecular flexibility index (Phi) is 5.82. The van der Waals surface area contributed by atoms with Crippen molar-refractivity contribution in [1.29, 1.82) is 0 Å². The van der Waals surface area contributed by atoms with Crippen LogP contribution in [-0.4, -0.2) is 73.5 Å². The molecule has 1 aromatic heterocycles. The van der Waals surface area contributed by atoms with Crippen molar-refractivity contribution < 1.29 is 19.1 Å². The first-order valence-corrected chi connectivity index (χ1v) is 10.8. The number of likely N-dealkylation sites (tertiary alicyclic amines) is 1. The summed E-state index contributed by atoms with van der Waals surface area (Å²) in [7, 11) is 0. The van der Waals surface area contributed by atoms with E-state index in [2.05, 4.69) is 11.4 Å². The summed E-state index contributed by atoms with van der Waals surface area (Å²) >= 11 is 1.54. The lowest BCUT2D eigenvalue weighted by Gasteiger charge is -2.27. The average molecular weight is 416 g/mol. The first kappa shape index (κ1) is 19.8. The van der Waals surface area contributed by atoms with Gasteiger partial charge in [0.15, 0.2) is 0 Å². The second-order valence-electron chi connectivity index (χ2n) is 7.48. The summed E-state index contributed by atoms with van der Waals surface area (Å²) in [6, 6.07) is 8.10. The smallest absolute Gasteiger partial charge is 0.264 e. The molecule has 7 nitrogen and oxygen atoms in total. The molecule has 8 heteroatoms. The lowest BCUT2D eigenvalue weighted by Crippen LogP contribution is -2.40. The highest BCUT2D eigenvalue weighted by molar-refractivity contribution is 7.21. The van der Waals surface area contributed by atoms with Crippen molar-refractivity contribution in [2.24, 2.45) is 0 Å². The number of benzene rings is 1. The maximum absolute atomic E-state index is 13.3. The standard InChI is InChI=1S/C21H25N3O4S/c1-14(25)22-12-18(26)24-7-6-15(13-24)19-16-4-2-3-5-17(16)29-20(19)21(27)23-8-10-28-11-9-23/h2-5,15H,6-13H2,1H3,(H,22,25)/t15-/m0/s1. The summed E-state index contributed by atoms with van der Waals surface area (Å²) in [5, 5.41) is 3.68. The number of hydrogen-bond donors (Lipinski definition) is 1. The van der Waals surface area contributed by atoms with E-state index in [4.69, 9.17) is 4.74 Å². The van der Waals surface area contributed by atoms with E-state index < -0.39 is 0 Å². The second-order valence-corrected chi connectivity index (χ2v) is 8.53. The number of amides is 3. The third-order valence-electron chi connectivity index (χ3n) is 5.56. The molecule has 0 aliphatic carbocycles. The molecule has 2 aromatic rings. The summed E-state index contributed by atoms with van der Waals surface area (Å²) in [5.74, 6) is -0.112. The number of rotatable bonds is 4. The minimum Gasteiger partial charge on any atom is -0.378 e. The van der Waals surface area contributed by atoms with Gasteiger partial charge in [0, 0.05) is 43.7 Å². The van der Waals surface area contributed by atoms with Crippen molar-refractivity contribution in [3.63, 3.8) is 0 Å². The fourth-order valence-corrected chi connectivity index (χ4v) is 5.33. The summed E-state index contributed by atoms with van der Waals surface area (Å²) in [6.45, 7) is 4.99. The first-order valence-electron chi connectivity index (χ1n) is 9.95. The molecular formula is C21H25N3O4S. The van der Waals surface area contributed by atoms with E-state index in [9.17, 15) is 14.4 Å². The predicted octanol–water partition coefficient (Wildman–Crippen LogP) is 1.83. The van der Waals surface area contributed by atoms with Crippen LogP contribution in [-0.2, 0) is 14.3 Å². The van der Waals surface area contributed by atoms with Gasteiger partial charge in [0.25, 0.3) is 5.91 Å². The lowest BCUT2D eigenvalue weighted by atomic mass is 9.94. The molecule has 1 N–H and O–H groups in total. The molecule has 0 radical (unpaired) electrons. The monoisotopic (exact) mass is 415 g/mol. The van der Waals surface area contributed by atoms with E-state index >= 15 is 0 Å². The summed E-state index contributed by atoms with van der Waals surface area (Å²) in [5.41, 5.74) is 1.07. The van der Waals surface area contributed by atoms with Crippen LogP contribution < -0.4 is 5.32 Å². The Bertz CT molecular complexity index is 935. The Morgan fingerprint density at radius 2 is 1.90 bits per heavy atom. The maximum Gasteiger partial charge on any atom is 0.264 e. The third kappa shape index (κ3) is 4.13. The molecule has 1 aromatic carbocycles. The Balaban J connectivity index is 1.60. The summed E-state index contributed by atoms with van der Waals surface area (Å²) in [6.07, 6.45) is 0.815. The molecule has 3 heterocycles. The Morgan fingerprint density at radius 1 is 1.14 bits per heavy atom. The number of fused-ring (bicyclic) bond motifs is 1. The van der Waals surface area contributed by atoms with Gasteiger partial charge in [-0.15, -0.1) is 11.3 Å². The van der Waals surface area contributed by atoms with Gasteiger partial charge in [-0.25, -0.2) is 0 Å². The fraction of sp³-hybridized carbons (Fsp3) is 0.476. The third-order valence-corrected chi connectivity index (χ3v) is 6.74. The summed E-state index contributed by atoms with van der Waals surface area (Å²) < 4.78 is 6.49. The van der Waals surface area contributed by atoms with Gasteiger partial charge in [0.05, 0.1) is 24.6 Å². The molecule has 0 spiro atoms. The number of nitrogens with zero attached hydrogens (tertiary/aromatic N) is 2. The molecule has 0 unspecified atom stereocenters. The number of carbonyl (C=O) groups excluding carboxylic acids is 3. The van der Waals surface area contributed by atoms with Crippen molar-refractivity contribution in [3.05, 3.63) is 34.7 Å². The van der Waals surface area contributed by atoms with Gasteiger partial charge in [-0.3, -0.25) is 14.4 Å². The summed E-state index contributed by atoms with van der Waals surface area (Å²) in [4.78, 5) is 41.3. The van der Waals surface area contributed by atoms with Crippen molar-refractivity contribution in [3.8, 4) is 0 Å². The number of carbonyl (C=O) groups is 3. The van der Waals surface area contributed by atoms with E-state index in [0.717, 1.165) is 26.9 Å². The van der Waals surface area contributed by atoms with E-state index in [1.165, 1.54) is 6.92 Å². The van der Waals surface area contributed by atoms with E-state index in [1.807, 2.05) is 23.1 Å². The Hall–Kier alpha value is -2.45. The SMILES string of the molecule is CC(=O)NCC(=O)N1CC[C@H](c2c(C(=O)N3CCOCC3)sc3ccccc23)C1. The maximum atomic E-state index is 13.3. The lowest BCUT2D eigenvalue weighted by molar-refractivity contribution is -0.131. The van der Waals surface area contributed by atoms with Crippen molar-refractivity contribution in [2.45, 2.75) is 19.3 Å². The molecule has 0 saturated carbocycles. The Labute approximate surface area is 173 Å². The van der Waals surface area contributed by atoms with Crippen LogP contribution in [0.1, 0.15) is 34.5 Å². The van der Waals surface area contributed by atoms with E-state index in [-0.39, 0.29) is 30.2 Å². The minimum atomic E-state index is -0.212. The largest absolute Gasteiger partial charge is 0.378 e. The molecule has 4 rings (SSSR count). The van der Waals surface area contributed by atoms with Gasteiger partial charge in [-0.2, -0.15) is 0 Å². The molecule has 2 fully saturated rings. The highest BCUT2D eigenvalue weighted by Crippen LogP contribution is 2.40. The number of ether oxygens (including phenoxy) is 1. The van der Waals surface area contributed by atoms with Crippen LogP contribution >= 0.6 is 11.3 Å². The zero-order valence-electron chi connectivity index (χ0n) is 16.5. The zero-order chi connectivity index (χ0) is 20.4. The van der Waals surface area contributed by atoms with Crippen molar-refractivity contribution in [2.75, 3.05) is 45.9 Å². The average Bonchev–Trinajstić information content (AvgIpc) is 3.36. The molecule has 3 amide bonds. The quantitative estimate of drug-likeness (QED) is 0.826. The molecule has 29 heavy (non-hydrogen) atoms. The van der Waals surface area contributed by atoms with Gasteiger partial charge in [0.1, 0.15) is 0 Å². The van der Waals surface area contributed by atoms with Crippen LogP contribution in [0.4, 0.5) is 0 Å². The van der Waals surface area contributed by atoms with Crippen LogP contribution in [0.2, 0.25) is 0 Å². The van der Waals surface area contributed by atoms with Crippen LogP contribution in [0.3, 0.4) is 0 Å². The van der Waals surface area contributed by atoms with Gasteiger partial charge in [-0.1, -0.05) is 18.2 Å². The number of thiophene rings is 1. The highest BCUT2D eigenvalue weighted by atomic mass is 32.1. The molecule has 0 bridgehead atoms. The fourth-order valence-electron chi connectivity index (χ4n) is 4.07. The topological polar surface area (TPSA) is 79.0 Å². The molecule has 2 aliphatic rings. The highest BCUT2D eigenvalue weighted by Gasteiger charge is 2.33. The van der Waals surface area contributed by atoms with Gasteiger partial charge >= 0.3 is 0 Å². The molecule has 154 valence electrons. The molecule has 2 saturated heterocycles. The van der Waals surface area contributed by atoms with Gasteiger partial charge < -0.3 is 19.9 Å². The van der Waals surface area contributed by atoms with Crippen molar-refractivity contribution >= 4 is 39.1 Å². The van der Waals surface area contributed by atoms with Gasteiger partial charge in [0.2, 0.25) is 11.8 Å². The molecular weight excluding hydrogens is 390 g/mol. The zero-order valence-corrected chi connectivity index (χ0v) is 17.3. The second kappa shape index (κ2) is 8.51. The van der Waals surface area contributed by atoms with Crippen LogP contribution in [0.5, 0.6) is 0 Å². The molecule has 2 aliphatic heterocycles. The number of nitrogens with one attached hydrogen (secondary N) is 1. The van der Waals surface area contributed by atoms with E-state index in [1.54, 1.807) is 16.2 Å². The van der Waals surface area contributed by atoms with Crippen LogP contribution in [0.25, 0.3) is 10.1 Å². The number of morpholine rings is 1. The normalized spacial score (nSPS) is 19.6. The first-order chi connectivity index (χ1) is 14.0. The minimum absolute atomic E-state index is 0.0198. The predicted molar refractivity (Wildman–Crippen MR) is 111 cm³/mol. The van der Waals surface area contributed by atoms with Gasteiger partial charge in [-0.05, 0) is 23.4 Å². The van der Waals surface area contributed by atoms with Crippen molar-refractivity contribution in [1.82, 2.24) is 15.1 Å².